The average Bonchev–Trinajstić information content (AvgIpc) is 2.73. The molecule has 2 nitrogen and oxygen atoms in total. The monoisotopic (exact) mass is 338 g/mol. The third-order valence-electron chi connectivity index (χ3n) is 2.61. The van der Waals surface area contributed by atoms with Crippen molar-refractivity contribution in [1.82, 2.24) is 9.55 Å². The molecule has 0 atom stereocenters. The number of rotatable bonds is 1. The Bertz CT molecular complexity index is 673. The summed E-state index contributed by atoms with van der Waals surface area (Å²) in [5, 5.41) is 0. The minimum Gasteiger partial charge on any atom is -0.299 e. The van der Waals surface area contributed by atoms with Crippen LogP contribution in [0.2, 0.25) is 0 Å². The molecule has 0 bridgehead atoms. The van der Waals surface area contributed by atoms with E-state index in [9.17, 15) is 4.39 Å². The van der Waals surface area contributed by atoms with Crippen LogP contribution < -0.4 is 0 Å². The van der Waals surface area contributed by atoms with Crippen LogP contribution in [0.25, 0.3) is 16.7 Å². The molecular formula is C13H8FIN2. The quantitative estimate of drug-likeness (QED) is 0.618. The van der Waals surface area contributed by atoms with Crippen LogP contribution >= 0.6 is 22.6 Å². The Kier molecular flexibility index (Phi) is 2.58. The van der Waals surface area contributed by atoms with E-state index in [1.54, 1.807) is 12.4 Å². The molecule has 0 fully saturated rings. The lowest BCUT2D eigenvalue weighted by molar-refractivity contribution is 0.629. The van der Waals surface area contributed by atoms with E-state index in [0.717, 1.165) is 11.2 Å². The van der Waals surface area contributed by atoms with E-state index >= 15 is 0 Å². The SMILES string of the molecule is Fc1ccc2c(c1)ncn2-c1ccc(I)cc1. The summed E-state index contributed by atoms with van der Waals surface area (Å²) in [5.74, 6) is -0.259. The molecule has 0 saturated carbocycles. The molecule has 0 aliphatic heterocycles. The van der Waals surface area contributed by atoms with Crippen molar-refractivity contribution in [3.05, 3.63) is 58.2 Å². The Morgan fingerprint density at radius 3 is 2.59 bits per heavy atom. The van der Waals surface area contributed by atoms with Crippen molar-refractivity contribution < 1.29 is 4.39 Å². The van der Waals surface area contributed by atoms with Crippen LogP contribution in [0.4, 0.5) is 4.39 Å². The van der Waals surface area contributed by atoms with E-state index < -0.39 is 0 Å². The number of halogens is 2. The van der Waals surface area contributed by atoms with Gasteiger partial charge in [0, 0.05) is 15.3 Å². The largest absolute Gasteiger partial charge is 0.299 e. The molecule has 0 saturated heterocycles. The summed E-state index contributed by atoms with van der Waals surface area (Å²) in [6, 6.07) is 12.7. The van der Waals surface area contributed by atoms with Gasteiger partial charge in [0.05, 0.1) is 11.0 Å². The second-order valence-electron chi connectivity index (χ2n) is 3.72. The van der Waals surface area contributed by atoms with Gasteiger partial charge in [-0.05, 0) is 59.0 Å². The second-order valence-corrected chi connectivity index (χ2v) is 4.97. The van der Waals surface area contributed by atoms with Crippen molar-refractivity contribution in [2.45, 2.75) is 0 Å². The Morgan fingerprint density at radius 2 is 1.82 bits per heavy atom. The third-order valence-corrected chi connectivity index (χ3v) is 3.33. The number of imidazole rings is 1. The summed E-state index contributed by atoms with van der Waals surface area (Å²) in [6.45, 7) is 0. The standard InChI is InChI=1S/C13H8FIN2/c14-9-1-6-13-12(7-9)16-8-17(13)11-4-2-10(15)3-5-11/h1-8H. The van der Waals surface area contributed by atoms with E-state index in [1.165, 1.54) is 15.7 Å². The molecule has 3 aromatic rings. The predicted octanol–water partition coefficient (Wildman–Crippen LogP) is 3.77. The molecular weight excluding hydrogens is 330 g/mol. The molecule has 84 valence electrons. The van der Waals surface area contributed by atoms with E-state index in [0.29, 0.717) is 5.52 Å². The Morgan fingerprint density at radius 1 is 1.06 bits per heavy atom. The summed E-state index contributed by atoms with van der Waals surface area (Å²) >= 11 is 2.26. The van der Waals surface area contributed by atoms with Crippen LogP contribution in [0.3, 0.4) is 0 Å². The lowest BCUT2D eigenvalue weighted by Gasteiger charge is -2.03. The number of hydrogen-bond donors (Lipinski definition) is 0. The maximum Gasteiger partial charge on any atom is 0.125 e. The van der Waals surface area contributed by atoms with Gasteiger partial charge in [0.1, 0.15) is 12.1 Å². The van der Waals surface area contributed by atoms with Crippen LogP contribution in [-0.2, 0) is 0 Å². The molecule has 0 aliphatic rings. The first-order chi connectivity index (χ1) is 8.24. The molecule has 2 aromatic carbocycles. The van der Waals surface area contributed by atoms with Crippen LogP contribution in [0.1, 0.15) is 0 Å². The summed E-state index contributed by atoms with van der Waals surface area (Å²) < 4.78 is 16.2. The fourth-order valence-electron chi connectivity index (χ4n) is 1.79. The lowest BCUT2D eigenvalue weighted by Crippen LogP contribution is -1.91. The van der Waals surface area contributed by atoms with E-state index in [-0.39, 0.29) is 5.82 Å². The summed E-state index contributed by atoms with van der Waals surface area (Å²) in [6.07, 6.45) is 1.71. The number of nitrogens with zero attached hydrogens (tertiary/aromatic N) is 2. The summed E-state index contributed by atoms with van der Waals surface area (Å²) in [5.41, 5.74) is 2.61. The second kappa shape index (κ2) is 4.10. The molecule has 0 aliphatic carbocycles. The number of fused-ring (bicyclic) bond motifs is 1. The Balaban J connectivity index is 2.21. The van der Waals surface area contributed by atoms with Crippen molar-refractivity contribution in [1.29, 1.82) is 0 Å². The average molecular weight is 338 g/mol. The highest BCUT2D eigenvalue weighted by molar-refractivity contribution is 14.1. The molecule has 1 heterocycles. The third kappa shape index (κ3) is 1.93. The Hall–Kier alpha value is -1.43. The predicted molar refractivity (Wildman–Crippen MR) is 73.7 cm³/mol. The maximum atomic E-state index is 13.1. The highest BCUT2D eigenvalue weighted by Gasteiger charge is 2.05. The molecule has 0 radical (unpaired) electrons. The highest BCUT2D eigenvalue weighted by Crippen LogP contribution is 2.19. The number of hydrogen-bond acceptors (Lipinski definition) is 1. The van der Waals surface area contributed by atoms with Gasteiger partial charge < -0.3 is 0 Å². The topological polar surface area (TPSA) is 17.8 Å². The molecule has 0 unspecified atom stereocenters. The van der Waals surface area contributed by atoms with Crippen molar-refractivity contribution in [2.24, 2.45) is 0 Å². The minimum atomic E-state index is -0.259. The normalized spacial score (nSPS) is 10.9. The van der Waals surface area contributed by atoms with Crippen molar-refractivity contribution >= 4 is 33.6 Å². The summed E-state index contributed by atoms with van der Waals surface area (Å²) in [7, 11) is 0. The Labute approximate surface area is 111 Å². The minimum absolute atomic E-state index is 0.259. The molecule has 0 spiro atoms. The first kappa shape index (κ1) is 10.7. The fraction of sp³-hybridized carbons (Fsp3) is 0. The molecule has 1 aromatic heterocycles. The number of benzene rings is 2. The van der Waals surface area contributed by atoms with E-state index in [2.05, 4.69) is 27.6 Å². The van der Waals surface area contributed by atoms with Gasteiger partial charge >= 0.3 is 0 Å². The zero-order valence-electron chi connectivity index (χ0n) is 8.77. The highest BCUT2D eigenvalue weighted by atomic mass is 127. The van der Waals surface area contributed by atoms with Crippen molar-refractivity contribution in [2.75, 3.05) is 0 Å². The van der Waals surface area contributed by atoms with Gasteiger partial charge in [0.15, 0.2) is 0 Å². The van der Waals surface area contributed by atoms with E-state index in [1.807, 2.05) is 28.8 Å². The molecule has 0 amide bonds. The zero-order valence-corrected chi connectivity index (χ0v) is 10.9. The molecule has 4 heteroatoms. The van der Waals surface area contributed by atoms with Crippen LogP contribution in [-0.4, -0.2) is 9.55 Å². The lowest BCUT2D eigenvalue weighted by atomic mass is 10.3. The fourth-order valence-corrected chi connectivity index (χ4v) is 2.15. The molecule has 0 N–H and O–H groups in total. The van der Waals surface area contributed by atoms with E-state index in [4.69, 9.17) is 0 Å². The smallest absolute Gasteiger partial charge is 0.125 e. The molecule has 17 heavy (non-hydrogen) atoms. The van der Waals surface area contributed by atoms with Gasteiger partial charge in [-0.2, -0.15) is 0 Å². The number of aromatic nitrogens is 2. The van der Waals surface area contributed by atoms with Crippen molar-refractivity contribution in [3.8, 4) is 5.69 Å². The van der Waals surface area contributed by atoms with Gasteiger partial charge in [-0.1, -0.05) is 0 Å². The van der Waals surface area contributed by atoms with Gasteiger partial charge in [-0.25, -0.2) is 9.37 Å². The van der Waals surface area contributed by atoms with Crippen molar-refractivity contribution in [3.63, 3.8) is 0 Å². The zero-order chi connectivity index (χ0) is 11.8. The van der Waals surface area contributed by atoms with Gasteiger partial charge in [0.2, 0.25) is 0 Å². The first-order valence-electron chi connectivity index (χ1n) is 5.12. The molecule has 3 rings (SSSR count). The maximum absolute atomic E-state index is 13.1. The van der Waals surface area contributed by atoms with Crippen LogP contribution in [0.15, 0.2) is 48.8 Å². The van der Waals surface area contributed by atoms with Gasteiger partial charge in [-0.15, -0.1) is 0 Å². The first-order valence-corrected chi connectivity index (χ1v) is 6.20. The van der Waals surface area contributed by atoms with Crippen LogP contribution in [0.5, 0.6) is 0 Å². The van der Waals surface area contributed by atoms with Gasteiger partial charge in [-0.3, -0.25) is 4.57 Å². The van der Waals surface area contributed by atoms with Gasteiger partial charge in [0.25, 0.3) is 0 Å². The van der Waals surface area contributed by atoms with Crippen LogP contribution in [0, 0.1) is 9.39 Å². The summed E-state index contributed by atoms with van der Waals surface area (Å²) in [4.78, 5) is 4.20.